The number of aryl methyl sites for hydroxylation is 1. The van der Waals surface area contributed by atoms with Crippen LogP contribution in [0.1, 0.15) is 25.5 Å². The largest absolute Gasteiger partial charge is 0.504 e. The molecule has 15 heavy (non-hydrogen) atoms. The normalized spacial score (nSPS) is 10.3. The molecule has 4 nitrogen and oxygen atoms in total. The molecule has 4 heteroatoms. The molecule has 0 aromatic carbocycles. The van der Waals surface area contributed by atoms with Crippen LogP contribution in [0.15, 0.2) is 12.3 Å². The quantitative estimate of drug-likeness (QED) is 0.561. The van der Waals surface area contributed by atoms with Crippen LogP contribution in [0.3, 0.4) is 0 Å². The Labute approximate surface area is 90.3 Å². The first-order chi connectivity index (χ1) is 7.19. The molecule has 0 saturated carbocycles. The first kappa shape index (κ1) is 11.8. The number of hydrogen-bond donors (Lipinski definition) is 2. The topological polar surface area (TPSA) is 59.4 Å². The zero-order chi connectivity index (χ0) is 11.3. The zero-order valence-corrected chi connectivity index (χ0v) is 9.36. The van der Waals surface area contributed by atoms with Crippen molar-refractivity contribution in [3.8, 4) is 11.5 Å². The fraction of sp³-hybridized carbons (Fsp3) is 0.545. The van der Waals surface area contributed by atoms with E-state index in [1.165, 1.54) is 0 Å². The van der Waals surface area contributed by atoms with Crippen molar-refractivity contribution in [1.29, 1.82) is 0 Å². The summed E-state index contributed by atoms with van der Waals surface area (Å²) in [7, 11) is 1.88. The predicted octanol–water partition coefficient (Wildman–Crippen LogP) is 0.854. The molecule has 84 valence electrons. The SMILES string of the molecule is CCCCOc1c[n+](C)c(CN)cc1O. The number of nitrogens with zero attached hydrogens (tertiary/aromatic N) is 1. The second-order valence-corrected chi connectivity index (χ2v) is 3.53. The summed E-state index contributed by atoms with van der Waals surface area (Å²) in [4.78, 5) is 0. The maximum atomic E-state index is 9.65. The van der Waals surface area contributed by atoms with E-state index in [0.29, 0.717) is 18.9 Å². The molecule has 1 aromatic rings. The van der Waals surface area contributed by atoms with Crippen LogP contribution in [0.25, 0.3) is 0 Å². The van der Waals surface area contributed by atoms with E-state index in [-0.39, 0.29) is 5.75 Å². The molecule has 0 atom stereocenters. The lowest BCUT2D eigenvalue weighted by Crippen LogP contribution is -2.34. The molecular formula is C11H19N2O2+. The average Bonchev–Trinajstić information content (AvgIpc) is 2.23. The van der Waals surface area contributed by atoms with Crippen LogP contribution >= 0.6 is 0 Å². The number of hydrogen-bond acceptors (Lipinski definition) is 3. The number of unbranched alkanes of at least 4 members (excludes halogenated alkanes) is 1. The van der Waals surface area contributed by atoms with Crippen molar-refractivity contribution in [2.24, 2.45) is 12.8 Å². The van der Waals surface area contributed by atoms with Crippen LogP contribution in [-0.4, -0.2) is 11.7 Å². The number of ether oxygens (including phenoxy) is 1. The minimum absolute atomic E-state index is 0.157. The Morgan fingerprint density at radius 3 is 2.87 bits per heavy atom. The number of aromatic nitrogens is 1. The van der Waals surface area contributed by atoms with Gasteiger partial charge < -0.3 is 15.6 Å². The van der Waals surface area contributed by atoms with Gasteiger partial charge in [-0.25, -0.2) is 4.57 Å². The molecule has 0 radical (unpaired) electrons. The highest BCUT2D eigenvalue weighted by molar-refractivity contribution is 5.35. The molecule has 0 aliphatic heterocycles. The van der Waals surface area contributed by atoms with Gasteiger partial charge in [-0.05, 0) is 6.42 Å². The van der Waals surface area contributed by atoms with Crippen molar-refractivity contribution < 1.29 is 14.4 Å². The van der Waals surface area contributed by atoms with Crippen molar-refractivity contribution in [3.63, 3.8) is 0 Å². The standard InChI is InChI=1S/C11H18N2O2/c1-3-4-5-15-11-8-13(2)9(7-12)6-10(11)14/h6,8H,3-5,7,12H2,1-2H3/p+1. The van der Waals surface area contributed by atoms with Gasteiger partial charge in [0.1, 0.15) is 7.05 Å². The second kappa shape index (κ2) is 5.56. The molecule has 0 fully saturated rings. The second-order valence-electron chi connectivity index (χ2n) is 3.53. The van der Waals surface area contributed by atoms with Gasteiger partial charge >= 0.3 is 0 Å². The molecule has 0 spiro atoms. The van der Waals surface area contributed by atoms with E-state index in [4.69, 9.17) is 10.5 Å². The van der Waals surface area contributed by atoms with E-state index in [0.717, 1.165) is 18.5 Å². The van der Waals surface area contributed by atoms with E-state index >= 15 is 0 Å². The lowest BCUT2D eigenvalue weighted by atomic mass is 10.3. The zero-order valence-electron chi connectivity index (χ0n) is 9.36. The van der Waals surface area contributed by atoms with Crippen molar-refractivity contribution in [2.75, 3.05) is 6.61 Å². The molecule has 0 unspecified atom stereocenters. The van der Waals surface area contributed by atoms with Crippen molar-refractivity contribution >= 4 is 0 Å². The summed E-state index contributed by atoms with van der Waals surface area (Å²) in [6, 6.07) is 1.64. The minimum atomic E-state index is 0.157. The summed E-state index contributed by atoms with van der Waals surface area (Å²) in [5, 5.41) is 9.65. The van der Waals surface area contributed by atoms with Crippen molar-refractivity contribution in [2.45, 2.75) is 26.3 Å². The third-order valence-corrected chi connectivity index (χ3v) is 2.28. The monoisotopic (exact) mass is 211 g/mol. The van der Waals surface area contributed by atoms with E-state index in [1.807, 2.05) is 11.6 Å². The van der Waals surface area contributed by atoms with Crippen LogP contribution in [0.5, 0.6) is 11.5 Å². The summed E-state index contributed by atoms with van der Waals surface area (Å²) in [5.74, 6) is 0.674. The molecule has 0 bridgehead atoms. The van der Waals surface area contributed by atoms with Gasteiger partial charge in [-0.2, -0.15) is 0 Å². The maximum Gasteiger partial charge on any atom is 0.225 e. The predicted molar refractivity (Wildman–Crippen MR) is 57.6 cm³/mol. The highest BCUT2D eigenvalue weighted by atomic mass is 16.5. The van der Waals surface area contributed by atoms with Crippen molar-refractivity contribution in [3.05, 3.63) is 18.0 Å². The summed E-state index contributed by atoms with van der Waals surface area (Å²) in [6.45, 7) is 3.13. The molecular weight excluding hydrogens is 192 g/mol. The van der Waals surface area contributed by atoms with Gasteiger partial charge in [0, 0.05) is 0 Å². The molecule has 3 N–H and O–H groups in total. The average molecular weight is 211 g/mol. The smallest absolute Gasteiger partial charge is 0.225 e. The third kappa shape index (κ3) is 3.09. The van der Waals surface area contributed by atoms with E-state index in [1.54, 1.807) is 12.3 Å². The van der Waals surface area contributed by atoms with Gasteiger partial charge in [-0.1, -0.05) is 13.3 Å². The van der Waals surface area contributed by atoms with Crippen molar-refractivity contribution in [1.82, 2.24) is 0 Å². The highest BCUT2D eigenvalue weighted by Gasteiger charge is 2.12. The summed E-state index contributed by atoms with van der Waals surface area (Å²) in [5.41, 5.74) is 6.39. The van der Waals surface area contributed by atoms with Gasteiger partial charge in [0.05, 0.1) is 19.2 Å². The molecule has 0 amide bonds. The Morgan fingerprint density at radius 2 is 2.27 bits per heavy atom. The van der Waals surface area contributed by atoms with E-state index < -0.39 is 0 Å². The molecule has 0 saturated heterocycles. The number of pyridine rings is 1. The van der Waals surface area contributed by atoms with Crippen LogP contribution in [0, 0.1) is 0 Å². The molecule has 0 aliphatic rings. The molecule has 1 heterocycles. The van der Waals surface area contributed by atoms with Gasteiger partial charge in [0.2, 0.25) is 11.9 Å². The van der Waals surface area contributed by atoms with Gasteiger partial charge in [-0.3, -0.25) is 0 Å². The summed E-state index contributed by atoms with van der Waals surface area (Å²) in [6.07, 6.45) is 3.82. The summed E-state index contributed by atoms with van der Waals surface area (Å²) < 4.78 is 7.31. The molecule has 1 aromatic heterocycles. The Kier molecular flexibility index (Phi) is 4.37. The number of aromatic hydroxyl groups is 1. The van der Waals surface area contributed by atoms with Gasteiger partial charge in [0.25, 0.3) is 0 Å². The fourth-order valence-corrected chi connectivity index (χ4v) is 1.30. The Morgan fingerprint density at radius 1 is 1.53 bits per heavy atom. The first-order valence-corrected chi connectivity index (χ1v) is 5.23. The fourth-order valence-electron chi connectivity index (χ4n) is 1.30. The summed E-state index contributed by atoms with van der Waals surface area (Å²) >= 11 is 0. The van der Waals surface area contributed by atoms with E-state index in [2.05, 4.69) is 6.92 Å². The van der Waals surface area contributed by atoms with Gasteiger partial charge in [0.15, 0.2) is 11.4 Å². The molecule has 0 aliphatic carbocycles. The van der Waals surface area contributed by atoms with Crippen LogP contribution in [0.2, 0.25) is 0 Å². The Bertz CT molecular complexity index is 327. The maximum absolute atomic E-state index is 9.65. The van der Waals surface area contributed by atoms with Crippen LogP contribution in [0.4, 0.5) is 0 Å². The minimum Gasteiger partial charge on any atom is -0.504 e. The Hall–Kier alpha value is -1.29. The Balaban J connectivity index is 2.76. The van der Waals surface area contributed by atoms with Crippen LogP contribution in [-0.2, 0) is 13.6 Å². The lowest BCUT2D eigenvalue weighted by Gasteiger charge is -2.06. The highest BCUT2D eigenvalue weighted by Crippen LogP contribution is 2.24. The lowest BCUT2D eigenvalue weighted by molar-refractivity contribution is -0.679. The number of nitrogens with two attached hydrogens (primary N) is 1. The third-order valence-electron chi connectivity index (χ3n) is 2.28. The van der Waals surface area contributed by atoms with Gasteiger partial charge in [-0.15, -0.1) is 0 Å². The van der Waals surface area contributed by atoms with E-state index in [9.17, 15) is 5.11 Å². The van der Waals surface area contributed by atoms with Crippen LogP contribution < -0.4 is 15.0 Å². The molecule has 1 rings (SSSR count). The first-order valence-electron chi connectivity index (χ1n) is 5.23. The number of rotatable bonds is 5.